The average molecular weight is 246 g/mol. The molecule has 0 aliphatic heterocycles. The standard InChI is InChI=1S/C12H14N4O2/c1-8-6-11(16-18-8)7-14-12(17)9-2-4-10(15-13)5-3-9/h2-6,15H,7,13H2,1H3,(H,14,17). The molecule has 2 aromatic rings. The van der Waals surface area contributed by atoms with E-state index in [-0.39, 0.29) is 5.91 Å². The second-order valence-corrected chi connectivity index (χ2v) is 3.83. The molecule has 0 saturated heterocycles. The Balaban J connectivity index is 1.94. The molecule has 1 aromatic heterocycles. The van der Waals surface area contributed by atoms with Crippen molar-refractivity contribution in [1.82, 2.24) is 10.5 Å². The number of hydrogen-bond donors (Lipinski definition) is 3. The maximum absolute atomic E-state index is 11.8. The lowest BCUT2D eigenvalue weighted by atomic mass is 10.2. The van der Waals surface area contributed by atoms with Crippen LogP contribution in [0.4, 0.5) is 5.69 Å². The lowest BCUT2D eigenvalue weighted by Gasteiger charge is -2.04. The highest BCUT2D eigenvalue weighted by Gasteiger charge is 2.06. The summed E-state index contributed by atoms with van der Waals surface area (Å²) in [5.41, 5.74) is 4.51. The number of hydrazine groups is 1. The normalized spacial score (nSPS) is 10.1. The number of benzene rings is 1. The van der Waals surface area contributed by atoms with Crippen molar-refractivity contribution in [3.63, 3.8) is 0 Å². The SMILES string of the molecule is Cc1cc(CNC(=O)c2ccc(NN)cc2)no1. The monoisotopic (exact) mass is 246 g/mol. The fourth-order valence-corrected chi connectivity index (χ4v) is 1.49. The van der Waals surface area contributed by atoms with Gasteiger partial charge in [0.05, 0.1) is 6.54 Å². The molecular formula is C12H14N4O2. The van der Waals surface area contributed by atoms with Crippen LogP contribution in [0.3, 0.4) is 0 Å². The quantitative estimate of drug-likeness (QED) is 0.556. The molecule has 1 amide bonds. The first kappa shape index (κ1) is 12.1. The molecule has 0 aliphatic rings. The second-order valence-electron chi connectivity index (χ2n) is 3.83. The number of rotatable bonds is 4. The summed E-state index contributed by atoms with van der Waals surface area (Å²) in [5, 5.41) is 6.55. The molecule has 0 radical (unpaired) electrons. The molecule has 0 saturated carbocycles. The Morgan fingerprint density at radius 1 is 1.39 bits per heavy atom. The number of nitrogen functional groups attached to an aromatic ring is 1. The fraction of sp³-hybridized carbons (Fsp3) is 0.167. The maximum atomic E-state index is 11.8. The highest BCUT2D eigenvalue weighted by molar-refractivity contribution is 5.94. The summed E-state index contributed by atoms with van der Waals surface area (Å²) in [5.74, 6) is 5.80. The summed E-state index contributed by atoms with van der Waals surface area (Å²) >= 11 is 0. The largest absolute Gasteiger partial charge is 0.361 e. The number of carbonyl (C=O) groups excluding carboxylic acids is 1. The molecule has 0 unspecified atom stereocenters. The number of nitrogens with two attached hydrogens (primary N) is 1. The van der Waals surface area contributed by atoms with E-state index in [0.29, 0.717) is 17.8 Å². The number of amides is 1. The molecule has 94 valence electrons. The third kappa shape index (κ3) is 2.86. The van der Waals surface area contributed by atoms with Crippen LogP contribution in [0.1, 0.15) is 21.8 Å². The van der Waals surface area contributed by atoms with Crippen molar-refractivity contribution >= 4 is 11.6 Å². The van der Waals surface area contributed by atoms with Gasteiger partial charge in [-0.05, 0) is 31.2 Å². The van der Waals surface area contributed by atoms with Gasteiger partial charge >= 0.3 is 0 Å². The smallest absolute Gasteiger partial charge is 0.251 e. The van der Waals surface area contributed by atoms with Crippen LogP contribution in [0.2, 0.25) is 0 Å². The summed E-state index contributed by atoms with van der Waals surface area (Å²) in [6.45, 7) is 2.14. The predicted molar refractivity (Wildman–Crippen MR) is 66.7 cm³/mol. The first-order valence-electron chi connectivity index (χ1n) is 5.46. The highest BCUT2D eigenvalue weighted by atomic mass is 16.5. The third-order valence-electron chi connectivity index (χ3n) is 2.42. The van der Waals surface area contributed by atoms with Crippen LogP contribution in [0.5, 0.6) is 0 Å². The zero-order valence-electron chi connectivity index (χ0n) is 9.93. The van der Waals surface area contributed by atoms with Crippen LogP contribution < -0.4 is 16.6 Å². The first-order chi connectivity index (χ1) is 8.69. The van der Waals surface area contributed by atoms with Gasteiger partial charge in [0.2, 0.25) is 0 Å². The van der Waals surface area contributed by atoms with Gasteiger partial charge in [-0.2, -0.15) is 0 Å². The van der Waals surface area contributed by atoms with E-state index < -0.39 is 0 Å². The number of nitrogens with one attached hydrogen (secondary N) is 2. The Labute approximate surface area is 104 Å². The van der Waals surface area contributed by atoms with Crippen LogP contribution in [0.25, 0.3) is 0 Å². The van der Waals surface area contributed by atoms with Crippen LogP contribution in [-0.4, -0.2) is 11.1 Å². The molecule has 4 N–H and O–H groups in total. The Kier molecular flexibility index (Phi) is 3.59. The van der Waals surface area contributed by atoms with E-state index in [1.54, 1.807) is 37.3 Å². The molecule has 0 aliphatic carbocycles. The van der Waals surface area contributed by atoms with E-state index in [9.17, 15) is 4.79 Å². The van der Waals surface area contributed by atoms with Crippen LogP contribution in [0.15, 0.2) is 34.9 Å². The number of nitrogens with zero attached hydrogens (tertiary/aromatic N) is 1. The molecule has 1 heterocycles. The number of anilines is 1. The van der Waals surface area contributed by atoms with Crippen LogP contribution in [0, 0.1) is 6.92 Å². The Bertz CT molecular complexity index is 533. The predicted octanol–water partition coefficient (Wildman–Crippen LogP) is 1.20. The summed E-state index contributed by atoms with van der Waals surface area (Å²) in [6.07, 6.45) is 0. The molecule has 1 aromatic carbocycles. The molecule has 2 rings (SSSR count). The van der Waals surface area contributed by atoms with E-state index in [0.717, 1.165) is 11.4 Å². The number of hydrogen-bond acceptors (Lipinski definition) is 5. The number of carbonyl (C=O) groups is 1. The van der Waals surface area contributed by atoms with E-state index >= 15 is 0 Å². The molecule has 0 atom stereocenters. The van der Waals surface area contributed by atoms with Gasteiger partial charge in [-0.3, -0.25) is 10.6 Å². The van der Waals surface area contributed by atoms with Gasteiger partial charge in [0.25, 0.3) is 5.91 Å². The second kappa shape index (κ2) is 5.33. The first-order valence-corrected chi connectivity index (χ1v) is 5.46. The minimum atomic E-state index is -0.167. The molecule has 0 spiro atoms. The van der Waals surface area contributed by atoms with E-state index in [1.807, 2.05) is 0 Å². The summed E-state index contributed by atoms with van der Waals surface area (Å²) in [4.78, 5) is 11.8. The topological polar surface area (TPSA) is 93.2 Å². The fourth-order valence-electron chi connectivity index (χ4n) is 1.49. The van der Waals surface area contributed by atoms with Crippen molar-refractivity contribution in [2.24, 2.45) is 5.84 Å². The molecule has 0 fully saturated rings. The Hall–Kier alpha value is -2.34. The van der Waals surface area contributed by atoms with Gasteiger partial charge in [0, 0.05) is 17.3 Å². The van der Waals surface area contributed by atoms with Gasteiger partial charge in [-0.1, -0.05) is 5.16 Å². The minimum Gasteiger partial charge on any atom is -0.361 e. The lowest BCUT2D eigenvalue weighted by Crippen LogP contribution is -2.22. The highest BCUT2D eigenvalue weighted by Crippen LogP contribution is 2.08. The van der Waals surface area contributed by atoms with Crippen molar-refractivity contribution in [2.45, 2.75) is 13.5 Å². The zero-order valence-corrected chi connectivity index (χ0v) is 9.93. The van der Waals surface area contributed by atoms with Crippen molar-refractivity contribution in [2.75, 3.05) is 5.43 Å². The van der Waals surface area contributed by atoms with Gasteiger partial charge < -0.3 is 15.3 Å². The van der Waals surface area contributed by atoms with Gasteiger partial charge in [-0.25, -0.2) is 0 Å². The molecule has 6 nitrogen and oxygen atoms in total. The van der Waals surface area contributed by atoms with Gasteiger partial charge in [-0.15, -0.1) is 0 Å². The number of aromatic nitrogens is 1. The minimum absolute atomic E-state index is 0.167. The van der Waals surface area contributed by atoms with E-state index in [2.05, 4.69) is 15.9 Å². The summed E-state index contributed by atoms with van der Waals surface area (Å²) < 4.78 is 4.91. The van der Waals surface area contributed by atoms with Crippen molar-refractivity contribution in [3.05, 3.63) is 47.3 Å². The van der Waals surface area contributed by atoms with Crippen LogP contribution in [-0.2, 0) is 6.54 Å². The van der Waals surface area contributed by atoms with Gasteiger partial charge in [0.1, 0.15) is 11.5 Å². The lowest BCUT2D eigenvalue weighted by molar-refractivity contribution is 0.0950. The van der Waals surface area contributed by atoms with E-state index in [1.165, 1.54) is 0 Å². The Morgan fingerprint density at radius 3 is 2.67 bits per heavy atom. The van der Waals surface area contributed by atoms with Crippen LogP contribution >= 0.6 is 0 Å². The van der Waals surface area contributed by atoms with Gasteiger partial charge in [0.15, 0.2) is 0 Å². The van der Waals surface area contributed by atoms with Crippen molar-refractivity contribution in [3.8, 4) is 0 Å². The van der Waals surface area contributed by atoms with Crippen molar-refractivity contribution < 1.29 is 9.32 Å². The number of aryl methyl sites for hydroxylation is 1. The van der Waals surface area contributed by atoms with E-state index in [4.69, 9.17) is 10.4 Å². The maximum Gasteiger partial charge on any atom is 0.251 e. The average Bonchev–Trinajstić information content (AvgIpc) is 2.82. The molecule has 0 bridgehead atoms. The molecule has 18 heavy (non-hydrogen) atoms. The Morgan fingerprint density at radius 2 is 2.11 bits per heavy atom. The van der Waals surface area contributed by atoms with Crippen molar-refractivity contribution in [1.29, 1.82) is 0 Å². The summed E-state index contributed by atoms with van der Waals surface area (Å²) in [7, 11) is 0. The molecule has 6 heteroatoms. The summed E-state index contributed by atoms with van der Waals surface area (Å²) in [6, 6.07) is 8.63. The zero-order chi connectivity index (χ0) is 13.0. The molecular weight excluding hydrogens is 232 g/mol. The third-order valence-corrected chi connectivity index (χ3v) is 2.42.